The molecule has 1 N–H and O–H groups in total. The Hall–Kier alpha value is -3.22. The van der Waals surface area contributed by atoms with Gasteiger partial charge in [-0.3, -0.25) is 15.5 Å². The molecule has 1 heterocycles. The van der Waals surface area contributed by atoms with Crippen LogP contribution in [0, 0.1) is 17.0 Å². The number of nitrogens with zero attached hydrogens (tertiary/aromatic N) is 3. The van der Waals surface area contributed by atoms with Gasteiger partial charge in [-0.05, 0) is 31.2 Å². The van der Waals surface area contributed by atoms with Gasteiger partial charge in [0, 0.05) is 12.1 Å². The second kappa shape index (κ2) is 5.65. The average molecular weight is 296 g/mol. The van der Waals surface area contributed by atoms with Crippen molar-refractivity contribution in [1.82, 2.24) is 4.98 Å². The van der Waals surface area contributed by atoms with Gasteiger partial charge in [-0.2, -0.15) is 0 Å². The predicted molar refractivity (Wildman–Crippen MR) is 81.0 cm³/mol. The molecule has 0 aliphatic rings. The lowest BCUT2D eigenvalue weighted by Crippen LogP contribution is -2.11. The molecule has 7 nitrogen and oxygen atoms in total. The Morgan fingerprint density at radius 3 is 2.64 bits per heavy atom. The summed E-state index contributed by atoms with van der Waals surface area (Å²) in [7, 11) is 0. The fraction of sp³-hybridized carbons (Fsp3) is 0.0667. The van der Waals surface area contributed by atoms with E-state index in [0.717, 1.165) is 5.52 Å². The van der Waals surface area contributed by atoms with Crippen molar-refractivity contribution in [2.75, 3.05) is 5.43 Å². The third kappa shape index (κ3) is 2.78. The van der Waals surface area contributed by atoms with Gasteiger partial charge in [-0.15, -0.1) is 5.10 Å². The van der Waals surface area contributed by atoms with Crippen molar-refractivity contribution in [1.29, 1.82) is 0 Å². The molecule has 0 fully saturated rings. The minimum absolute atomic E-state index is 0.0267. The van der Waals surface area contributed by atoms with E-state index in [-0.39, 0.29) is 5.69 Å². The molecule has 0 radical (unpaired) electrons. The van der Waals surface area contributed by atoms with Crippen molar-refractivity contribution < 1.29 is 9.34 Å². The molecule has 3 rings (SSSR count). The Bertz CT molecular complexity index is 901. The topological polar surface area (TPSA) is 93.6 Å². The van der Waals surface area contributed by atoms with Gasteiger partial charge in [-0.1, -0.05) is 12.1 Å². The molecule has 0 saturated heterocycles. The van der Waals surface area contributed by atoms with E-state index in [1.807, 2.05) is 24.3 Å². The number of non-ortho nitro benzene ring substituents is 1. The third-order valence-electron chi connectivity index (χ3n) is 3.03. The highest BCUT2D eigenvalue weighted by atomic mass is 16.6. The number of aryl methyl sites for hydroxylation is 1. The standard InChI is InChI=1S/C15H12N4O3/c1-10-15(22-14-5-3-2-4-13(14)16-10)18-17-11-6-8-12(9-7-11)19(20)21/h2-9,17H,1H3/b18-15+. The van der Waals surface area contributed by atoms with E-state index in [1.54, 1.807) is 19.1 Å². The summed E-state index contributed by atoms with van der Waals surface area (Å²) in [6.45, 7) is 1.80. The first-order chi connectivity index (χ1) is 10.6. The zero-order valence-electron chi connectivity index (χ0n) is 11.7. The number of nitro groups is 1. The van der Waals surface area contributed by atoms with Gasteiger partial charge in [0.05, 0.1) is 10.6 Å². The molecule has 0 unspecified atom stereocenters. The zero-order valence-corrected chi connectivity index (χ0v) is 11.7. The Kier molecular flexibility index (Phi) is 3.53. The molecule has 110 valence electrons. The van der Waals surface area contributed by atoms with Crippen LogP contribution in [0.1, 0.15) is 5.69 Å². The Morgan fingerprint density at radius 1 is 1.18 bits per heavy atom. The highest BCUT2D eigenvalue weighted by Gasteiger charge is 2.04. The highest BCUT2D eigenvalue weighted by Crippen LogP contribution is 2.15. The monoisotopic (exact) mass is 296 g/mol. The van der Waals surface area contributed by atoms with Crippen molar-refractivity contribution in [3.8, 4) is 0 Å². The number of fused-ring (bicyclic) bond motifs is 1. The van der Waals surface area contributed by atoms with Gasteiger partial charge in [0.1, 0.15) is 11.2 Å². The van der Waals surface area contributed by atoms with Crippen LogP contribution in [-0.4, -0.2) is 9.91 Å². The largest absolute Gasteiger partial charge is 0.434 e. The fourth-order valence-corrected chi connectivity index (χ4v) is 1.92. The van der Waals surface area contributed by atoms with Crippen molar-refractivity contribution in [2.45, 2.75) is 6.92 Å². The summed E-state index contributed by atoms with van der Waals surface area (Å²) in [5, 5.41) is 14.8. The fourth-order valence-electron chi connectivity index (χ4n) is 1.92. The summed E-state index contributed by atoms with van der Waals surface area (Å²) in [5.41, 5.74) is 5.85. The van der Waals surface area contributed by atoms with Crippen LogP contribution >= 0.6 is 0 Å². The van der Waals surface area contributed by atoms with Crippen molar-refractivity contribution in [2.24, 2.45) is 5.10 Å². The summed E-state index contributed by atoms with van der Waals surface area (Å²) < 4.78 is 5.68. The molecule has 0 aliphatic heterocycles. The quantitative estimate of drug-likeness (QED) is 0.592. The second-order valence-electron chi connectivity index (χ2n) is 4.60. The molecule has 7 heteroatoms. The molecule has 2 aromatic carbocycles. The van der Waals surface area contributed by atoms with Crippen LogP contribution in [0.15, 0.2) is 58.0 Å². The minimum Gasteiger partial charge on any atom is -0.434 e. The first-order valence-electron chi connectivity index (χ1n) is 6.54. The lowest BCUT2D eigenvalue weighted by molar-refractivity contribution is -0.384. The average Bonchev–Trinajstić information content (AvgIpc) is 2.53. The Balaban J connectivity index is 1.91. The number of benzene rings is 2. The number of nitro benzene ring substituents is 1. The van der Waals surface area contributed by atoms with Crippen LogP contribution in [0.2, 0.25) is 0 Å². The third-order valence-corrected chi connectivity index (χ3v) is 3.03. The summed E-state index contributed by atoms with van der Waals surface area (Å²) in [6, 6.07) is 13.4. The number of rotatable bonds is 3. The maximum atomic E-state index is 10.6. The second-order valence-corrected chi connectivity index (χ2v) is 4.60. The summed E-state index contributed by atoms with van der Waals surface area (Å²) >= 11 is 0. The number of anilines is 1. The van der Waals surface area contributed by atoms with Crippen molar-refractivity contribution >= 4 is 22.5 Å². The minimum atomic E-state index is -0.451. The van der Waals surface area contributed by atoms with Crippen LogP contribution in [0.3, 0.4) is 0 Å². The van der Waals surface area contributed by atoms with Crippen LogP contribution < -0.4 is 11.0 Å². The Morgan fingerprint density at radius 2 is 1.91 bits per heavy atom. The number of aromatic nitrogens is 1. The van der Waals surface area contributed by atoms with Crippen molar-refractivity contribution in [3.63, 3.8) is 0 Å². The molecule has 1 aromatic heterocycles. The van der Waals surface area contributed by atoms with E-state index >= 15 is 0 Å². The van der Waals surface area contributed by atoms with Crippen LogP contribution in [0.4, 0.5) is 11.4 Å². The van der Waals surface area contributed by atoms with E-state index in [1.165, 1.54) is 12.1 Å². The van der Waals surface area contributed by atoms with Crippen LogP contribution in [-0.2, 0) is 0 Å². The van der Waals surface area contributed by atoms with Gasteiger partial charge in [0.15, 0.2) is 5.58 Å². The van der Waals surface area contributed by atoms with Gasteiger partial charge in [0.2, 0.25) is 0 Å². The van der Waals surface area contributed by atoms with Gasteiger partial charge >= 0.3 is 0 Å². The summed E-state index contributed by atoms with van der Waals surface area (Å²) in [5.74, 6) is 0. The van der Waals surface area contributed by atoms with E-state index in [9.17, 15) is 10.1 Å². The van der Waals surface area contributed by atoms with Gasteiger partial charge < -0.3 is 4.42 Å². The summed E-state index contributed by atoms with van der Waals surface area (Å²) in [4.78, 5) is 14.6. The molecular weight excluding hydrogens is 284 g/mol. The lowest BCUT2D eigenvalue weighted by Gasteiger charge is -2.01. The molecule has 3 aromatic rings. The molecule has 0 spiro atoms. The van der Waals surface area contributed by atoms with Crippen LogP contribution in [0.25, 0.3) is 11.1 Å². The number of para-hydroxylation sites is 2. The van der Waals surface area contributed by atoms with E-state index in [0.29, 0.717) is 22.5 Å². The number of nitrogens with one attached hydrogen (secondary N) is 1. The van der Waals surface area contributed by atoms with Crippen LogP contribution in [0.5, 0.6) is 0 Å². The molecule has 22 heavy (non-hydrogen) atoms. The lowest BCUT2D eigenvalue weighted by atomic mass is 10.3. The predicted octanol–water partition coefficient (Wildman–Crippen LogP) is 2.97. The molecule has 0 bridgehead atoms. The molecule has 0 atom stereocenters. The molecule has 0 saturated carbocycles. The highest BCUT2D eigenvalue weighted by molar-refractivity contribution is 5.71. The molecule has 0 aliphatic carbocycles. The Labute approximate surface area is 125 Å². The first-order valence-corrected chi connectivity index (χ1v) is 6.54. The van der Waals surface area contributed by atoms with E-state index in [2.05, 4.69) is 15.5 Å². The first kappa shape index (κ1) is 13.7. The van der Waals surface area contributed by atoms with Crippen molar-refractivity contribution in [3.05, 3.63) is 69.9 Å². The number of hydrogen-bond acceptors (Lipinski definition) is 6. The maximum Gasteiger partial charge on any atom is 0.269 e. The summed E-state index contributed by atoms with van der Waals surface area (Å²) in [6.07, 6.45) is 0. The van der Waals surface area contributed by atoms with Gasteiger partial charge in [-0.25, -0.2) is 4.98 Å². The molecule has 0 amide bonds. The molecular formula is C15H12N4O3. The number of hydrogen-bond donors (Lipinski definition) is 1. The van der Waals surface area contributed by atoms with E-state index in [4.69, 9.17) is 4.42 Å². The zero-order chi connectivity index (χ0) is 15.5. The van der Waals surface area contributed by atoms with Gasteiger partial charge in [0.25, 0.3) is 11.2 Å². The normalized spacial score (nSPS) is 11.6. The van der Waals surface area contributed by atoms with E-state index < -0.39 is 4.92 Å². The SMILES string of the molecule is Cc1nc2ccccc2o/c1=N/Nc1ccc([N+](=O)[O-])cc1. The maximum absolute atomic E-state index is 10.6. The smallest absolute Gasteiger partial charge is 0.269 e.